The van der Waals surface area contributed by atoms with E-state index < -0.39 is 6.09 Å². The molecule has 0 aliphatic rings. The van der Waals surface area contributed by atoms with E-state index in [0.717, 1.165) is 0 Å². The van der Waals surface area contributed by atoms with Gasteiger partial charge in [0, 0.05) is 0 Å². The summed E-state index contributed by atoms with van der Waals surface area (Å²) in [5.74, 6) is 0. The topological polar surface area (TPSA) is 75.4 Å². The van der Waals surface area contributed by atoms with Gasteiger partial charge in [0.15, 0.2) is 0 Å². The lowest BCUT2D eigenvalue weighted by molar-refractivity contribution is 0.209. The van der Waals surface area contributed by atoms with Crippen molar-refractivity contribution in [2.75, 3.05) is 5.32 Å². The Bertz CT molecular complexity index is 194. The van der Waals surface area contributed by atoms with Crippen molar-refractivity contribution in [3.05, 3.63) is 12.5 Å². The number of aromatic nitrogens is 1. The van der Waals surface area contributed by atoms with E-state index in [-0.39, 0.29) is 6.01 Å². The zero-order chi connectivity index (χ0) is 6.69. The number of hydrogen-bond acceptors (Lipinski definition) is 3. The largest absolute Gasteiger partial charge is 0.465 e. The maximum Gasteiger partial charge on any atom is 0.412 e. The first kappa shape index (κ1) is 5.61. The van der Waals surface area contributed by atoms with E-state index in [1.54, 1.807) is 0 Å². The third-order valence-corrected chi connectivity index (χ3v) is 0.646. The van der Waals surface area contributed by atoms with Gasteiger partial charge < -0.3 is 9.52 Å². The van der Waals surface area contributed by atoms with Gasteiger partial charge in [-0.25, -0.2) is 15.1 Å². The Hall–Kier alpha value is -1.52. The Kier molecular flexibility index (Phi) is 1.35. The van der Waals surface area contributed by atoms with Crippen molar-refractivity contribution in [3.8, 4) is 0 Å². The minimum Gasteiger partial charge on any atom is -0.465 e. The molecule has 1 rings (SSSR count). The summed E-state index contributed by atoms with van der Waals surface area (Å²) in [6.45, 7) is 0. The molecule has 1 amide bonds. The molecule has 0 atom stereocenters. The van der Waals surface area contributed by atoms with Crippen LogP contribution in [0.3, 0.4) is 0 Å². The second kappa shape index (κ2) is 2.17. The molecule has 0 spiro atoms. The first-order chi connectivity index (χ1) is 4.29. The molecule has 1 aromatic heterocycles. The first-order valence-corrected chi connectivity index (χ1v) is 2.18. The van der Waals surface area contributed by atoms with Crippen LogP contribution in [0.2, 0.25) is 0 Å². The van der Waals surface area contributed by atoms with Crippen LogP contribution in [-0.4, -0.2) is 16.2 Å². The van der Waals surface area contributed by atoms with Crippen LogP contribution in [0.4, 0.5) is 10.8 Å². The number of oxazole rings is 1. The average molecular weight is 128 g/mol. The van der Waals surface area contributed by atoms with Crippen molar-refractivity contribution in [1.29, 1.82) is 0 Å². The number of anilines is 1. The predicted octanol–water partition coefficient (Wildman–Crippen LogP) is 0.764. The van der Waals surface area contributed by atoms with E-state index >= 15 is 0 Å². The zero-order valence-electron chi connectivity index (χ0n) is 4.37. The van der Waals surface area contributed by atoms with Gasteiger partial charge in [0.1, 0.15) is 6.26 Å². The number of carbonyl (C=O) groups is 1. The maximum atomic E-state index is 9.86. The van der Waals surface area contributed by atoms with Crippen molar-refractivity contribution in [2.24, 2.45) is 0 Å². The molecule has 48 valence electrons. The van der Waals surface area contributed by atoms with Gasteiger partial charge in [0.2, 0.25) is 0 Å². The van der Waals surface area contributed by atoms with Gasteiger partial charge in [-0.2, -0.15) is 0 Å². The monoisotopic (exact) mass is 128 g/mol. The summed E-state index contributed by atoms with van der Waals surface area (Å²) >= 11 is 0. The molecule has 0 unspecified atom stereocenters. The van der Waals surface area contributed by atoms with Gasteiger partial charge in [-0.15, -0.1) is 0 Å². The molecule has 5 heteroatoms. The molecule has 0 fully saturated rings. The van der Waals surface area contributed by atoms with Gasteiger partial charge in [-0.3, -0.25) is 0 Å². The van der Waals surface area contributed by atoms with Gasteiger partial charge in [-0.05, 0) is 0 Å². The molecule has 0 aliphatic heterocycles. The SMILES string of the molecule is O=C(O)Nc1ncco1. The second-order valence-corrected chi connectivity index (χ2v) is 1.27. The molecule has 0 radical (unpaired) electrons. The lowest BCUT2D eigenvalue weighted by Gasteiger charge is -1.88. The molecule has 0 saturated carbocycles. The number of carboxylic acid groups (broad SMARTS) is 1. The number of amides is 1. The summed E-state index contributed by atoms with van der Waals surface area (Å²) < 4.78 is 4.54. The molecule has 2 N–H and O–H groups in total. The Morgan fingerprint density at radius 1 is 1.89 bits per heavy atom. The number of nitrogens with zero attached hydrogens (tertiary/aromatic N) is 1. The molecule has 5 nitrogen and oxygen atoms in total. The van der Waals surface area contributed by atoms with E-state index in [9.17, 15) is 4.79 Å². The highest BCUT2D eigenvalue weighted by atomic mass is 16.4. The molecule has 0 aliphatic carbocycles. The highest BCUT2D eigenvalue weighted by molar-refractivity contribution is 5.79. The minimum atomic E-state index is -1.18. The fraction of sp³-hybridized carbons (Fsp3) is 0. The summed E-state index contributed by atoms with van der Waals surface area (Å²) in [4.78, 5) is 13.4. The van der Waals surface area contributed by atoms with Crippen LogP contribution in [0.15, 0.2) is 16.9 Å². The number of hydrogen-bond donors (Lipinski definition) is 2. The summed E-state index contributed by atoms with van der Waals surface area (Å²) in [6.07, 6.45) is 1.45. The quantitative estimate of drug-likeness (QED) is 0.585. The van der Waals surface area contributed by atoms with Crippen molar-refractivity contribution in [3.63, 3.8) is 0 Å². The van der Waals surface area contributed by atoms with Crippen LogP contribution < -0.4 is 5.32 Å². The Morgan fingerprint density at radius 3 is 3.11 bits per heavy atom. The Labute approximate surface area is 50.3 Å². The predicted molar refractivity (Wildman–Crippen MR) is 28.2 cm³/mol. The summed E-state index contributed by atoms with van der Waals surface area (Å²) in [6, 6.07) is -0.0116. The highest BCUT2D eigenvalue weighted by Crippen LogP contribution is 1.99. The molecule has 0 saturated heterocycles. The lowest BCUT2D eigenvalue weighted by atomic mass is 11.0. The second-order valence-electron chi connectivity index (χ2n) is 1.27. The standard InChI is InChI=1S/C4H4N2O3/c7-4(8)6-3-5-1-2-9-3/h1-2H,(H,5,6)(H,7,8). The molecule has 1 heterocycles. The van der Waals surface area contributed by atoms with Crippen LogP contribution in [-0.2, 0) is 0 Å². The third-order valence-electron chi connectivity index (χ3n) is 0.646. The summed E-state index contributed by atoms with van der Waals surface area (Å²) in [7, 11) is 0. The summed E-state index contributed by atoms with van der Waals surface area (Å²) in [5, 5.41) is 10.00. The molecular formula is C4H4N2O3. The van der Waals surface area contributed by atoms with Gasteiger partial charge >= 0.3 is 12.1 Å². The average Bonchev–Trinajstić information content (AvgIpc) is 2.15. The molecule has 1 aromatic rings. The number of rotatable bonds is 1. The minimum absolute atomic E-state index is 0.0116. The molecular weight excluding hydrogens is 124 g/mol. The van der Waals surface area contributed by atoms with E-state index in [1.807, 2.05) is 5.32 Å². The zero-order valence-corrected chi connectivity index (χ0v) is 4.37. The maximum absolute atomic E-state index is 9.86. The number of nitrogens with one attached hydrogen (secondary N) is 1. The van der Waals surface area contributed by atoms with E-state index in [2.05, 4.69) is 9.40 Å². The third kappa shape index (κ3) is 1.45. The molecule has 0 bridgehead atoms. The fourth-order valence-corrected chi connectivity index (χ4v) is 0.377. The van der Waals surface area contributed by atoms with Gasteiger partial charge in [0.25, 0.3) is 0 Å². The van der Waals surface area contributed by atoms with Crippen molar-refractivity contribution < 1.29 is 14.3 Å². The van der Waals surface area contributed by atoms with Crippen LogP contribution in [0.5, 0.6) is 0 Å². The normalized spacial score (nSPS) is 8.89. The van der Waals surface area contributed by atoms with Crippen molar-refractivity contribution >= 4 is 12.1 Å². The fourth-order valence-electron chi connectivity index (χ4n) is 0.377. The van der Waals surface area contributed by atoms with E-state index in [1.165, 1.54) is 12.5 Å². The molecule has 0 aromatic carbocycles. The smallest absolute Gasteiger partial charge is 0.412 e. The molecule has 9 heavy (non-hydrogen) atoms. The van der Waals surface area contributed by atoms with Crippen LogP contribution in [0, 0.1) is 0 Å². The van der Waals surface area contributed by atoms with Gasteiger partial charge in [-0.1, -0.05) is 0 Å². The van der Waals surface area contributed by atoms with Gasteiger partial charge in [0.05, 0.1) is 6.20 Å². The van der Waals surface area contributed by atoms with Crippen molar-refractivity contribution in [1.82, 2.24) is 4.98 Å². The van der Waals surface area contributed by atoms with Crippen LogP contribution >= 0.6 is 0 Å². The van der Waals surface area contributed by atoms with Crippen molar-refractivity contribution in [2.45, 2.75) is 0 Å². The first-order valence-electron chi connectivity index (χ1n) is 2.18. The van der Waals surface area contributed by atoms with E-state index in [0.29, 0.717) is 0 Å². The van der Waals surface area contributed by atoms with E-state index in [4.69, 9.17) is 5.11 Å². The lowest BCUT2D eigenvalue weighted by Crippen LogP contribution is -2.06. The highest BCUT2D eigenvalue weighted by Gasteiger charge is 1.98. The Morgan fingerprint density at radius 2 is 2.67 bits per heavy atom. The van der Waals surface area contributed by atoms with Crippen LogP contribution in [0.1, 0.15) is 0 Å². The Balaban J connectivity index is 2.58. The van der Waals surface area contributed by atoms with Crippen LogP contribution in [0.25, 0.3) is 0 Å². The summed E-state index contributed by atoms with van der Waals surface area (Å²) in [5.41, 5.74) is 0.